The topological polar surface area (TPSA) is 54.7 Å². The fourth-order valence-electron chi connectivity index (χ4n) is 1.67. The van der Waals surface area contributed by atoms with Gasteiger partial charge in [-0.05, 0) is 30.5 Å². The molecule has 66 valence electrons. The van der Waals surface area contributed by atoms with Crippen molar-refractivity contribution >= 4 is 11.0 Å². The summed E-state index contributed by atoms with van der Waals surface area (Å²) in [5, 5.41) is 0. The van der Waals surface area contributed by atoms with E-state index in [2.05, 4.69) is 22.1 Å². The highest BCUT2D eigenvalue weighted by Crippen LogP contribution is 2.42. The minimum Gasteiger partial charge on any atom is -0.345 e. The van der Waals surface area contributed by atoms with E-state index < -0.39 is 0 Å². The number of hydrogen-bond acceptors (Lipinski definition) is 2. The molecule has 3 N–H and O–H groups in total. The molecule has 0 spiro atoms. The molecule has 0 atom stereocenters. The summed E-state index contributed by atoms with van der Waals surface area (Å²) in [5.41, 5.74) is 9.36. The molecule has 1 aromatic carbocycles. The maximum atomic E-state index is 6.09. The molecule has 2 aromatic rings. The number of rotatable bonds is 1. The fourth-order valence-corrected chi connectivity index (χ4v) is 1.67. The SMILES string of the molecule is NC1(c2ccc3nc[nH]c3c2)CC1. The Kier molecular flexibility index (Phi) is 1.15. The van der Waals surface area contributed by atoms with Crippen LogP contribution in [0.4, 0.5) is 0 Å². The summed E-state index contributed by atoms with van der Waals surface area (Å²) in [7, 11) is 0. The molecule has 0 amide bonds. The lowest BCUT2D eigenvalue weighted by atomic mass is 10.1. The highest BCUT2D eigenvalue weighted by atomic mass is 14.9. The standard InChI is InChI=1S/C10H11N3/c11-10(3-4-10)7-1-2-8-9(5-7)13-6-12-8/h1-2,5-6H,3-4,11H2,(H,12,13). The van der Waals surface area contributed by atoms with Gasteiger partial charge in [0, 0.05) is 5.54 Å². The summed E-state index contributed by atoms with van der Waals surface area (Å²) in [6, 6.07) is 6.21. The predicted octanol–water partition coefficient (Wildman–Crippen LogP) is 1.51. The molecule has 3 rings (SSSR count). The Morgan fingerprint density at radius 2 is 2.23 bits per heavy atom. The Bertz CT molecular complexity index is 454. The van der Waals surface area contributed by atoms with E-state index in [1.165, 1.54) is 5.56 Å². The van der Waals surface area contributed by atoms with Gasteiger partial charge in [-0.25, -0.2) is 4.98 Å². The zero-order valence-electron chi connectivity index (χ0n) is 7.25. The summed E-state index contributed by atoms with van der Waals surface area (Å²) in [4.78, 5) is 7.26. The highest BCUT2D eigenvalue weighted by Gasteiger charge is 2.39. The van der Waals surface area contributed by atoms with Crippen LogP contribution in [0.5, 0.6) is 0 Å². The van der Waals surface area contributed by atoms with Crippen molar-refractivity contribution in [2.45, 2.75) is 18.4 Å². The van der Waals surface area contributed by atoms with Crippen molar-refractivity contribution < 1.29 is 0 Å². The van der Waals surface area contributed by atoms with E-state index in [0.717, 1.165) is 23.9 Å². The van der Waals surface area contributed by atoms with Gasteiger partial charge < -0.3 is 10.7 Å². The third-order valence-electron chi connectivity index (χ3n) is 2.78. The minimum absolute atomic E-state index is 0.0424. The number of aromatic nitrogens is 2. The highest BCUT2D eigenvalue weighted by molar-refractivity contribution is 5.75. The van der Waals surface area contributed by atoms with Gasteiger partial charge in [0.2, 0.25) is 0 Å². The van der Waals surface area contributed by atoms with Gasteiger partial charge >= 0.3 is 0 Å². The molecule has 0 unspecified atom stereocenters. The van der Waals surface area contributed by atoms with E-state index in [-0.39, 0.29) is 5.54 Å². The van der Waals surface area contributed by atoms with Crippen molar-refractivity contribution in [1.29, 1.82) is 0 Å². The lowest BCUT2D eigenvalue weighted by Crippen LogP contribution is -2.18. The van der Waals surface area contributed by atoms with Gasteiger partial charge in [-0.2, -0.15) is 0 Å². The van der Waals surface area contributed by atoms with Crippen LogP contribution in [-0.2, 0) is 5.54 Å². The van der Waals surface area contributed by atoms with Crippen LogP contribution in [0.25, 0.3) is 11.0 Å². The molecule has 3 heteroatoms. The Morgan fingerprint density at radius 3 is 3.00 bits per heavy atom. The summed E-state index contributed by atoms with van der Waals surface area (Å²) >= 11 is 0. The van der Waals surface area contributed by atoms with Gasteiger partial charge in [-0.1, -0.05) is 6.07 Å². The molecule has 0 aliphatic heterocycles. The number of fused-ring (bicyclic) bond motifs is 1. The van der Waals surface area contributed by atoms with Crippen LogP contribution in [0.2, 0.25) is 0 Å². The zero-order chi connectivity index (χ0) is 8.89. The quantitative estimate of drug-likeness (QED) is 0.686. The van der Waals surface area contributed by atoms with Crippen molar-refractivity contribution in [3.63, 3.8) is 0 Å². The Labute approximate surface area is 76.0 Å². The van der Waals surface area contributed by atoms with Gasteiger partial charge in [0.15, 0.2) is 0 Å². The lowest BCUT2D eigenvalue weighted by molar-refractivity contribution is 0.741. The second-order valence-electron chi connectivity index (χ2n) is 3.79. The average Bonchev–Trinajstić information content (AvgIpc) is 2.74. The lowest BCUT2D eigenvalue weighted by Gasteiger charge is -2.07. The van der Waals surface area contributed by atoms with Crippen LogP contribution in [0.15, 0.2) is 24.5 Å². The molecular formula is C10H11N3. The molecule has 1 fully saturated rings. The normalized spacial score (nSPS) is 19.2. The van der Waals surface area contributed by atoms with Gasteiger partial charge in [-0.15, -0.1) is 0 Å². The van der Waals surface area contributed by atoms with Crippen LogP contribution >= 0.6 is 0 Å². The van der Waals surface area contributed by atoms with Gasteiger partial charge in [0.25, 0.3) is 0 Å². The van der Waals surface area contributed by atoms with Crippen LogP contribution in [0, 0.1) is 0 Å². The molecule has 1 aliphatic carbocycles. The van der Waals surface area contributed by atoms with E-state index in [4.69, 9.17) is 5.73 Å². The van der Waals surface area contributed by atoms with Crippen LogP contribution in [0.1, 0.15) is 18.4 Å². The summed E-state index contributed by atoms with van der Waals surface area (Å²) in [6.07, 6.45) is 3.92. The molecule has 3 nitrogen and oxygen atoms in total. The number of hydrogen-bond donors (Lipinski definition) is 2. The smallest absolute Gasteiger partial charge is 0.0931 e. The Morgan fingerprint density at radius 1 is 1.38 bits per heavy atom. The average molecular weight is 173 g/mol. The van der Waals surface area contributed by atoms with E-state index in [9.17, 15) is 0 Å². The number of nitrogens with two attached hydrogens (primary N) is 1. The first-order chi connectivity index (χ1) is 6.28. The number of imidazole rings is 1. The molecule has 13 heavy (non-hydrogen) atoms. The van der Waals surface area contributed by atoms with Crippen LogP contribution in [-0.4, -0.2) is 9.97 Å². The predicted molar refractivity (Wildman–Crippen MR) is 51.2 cm³/mol. The molecule has 0 bridgehead atoms. The second kappa shape index (κ2) is 2.12. The molecule has 1 aromatic heterocycles. The van der Waals surface area contributed by atoms with E-state index in [1.807, 2.05) is 6.07 Å². The molecule has 0 saturated heterocycles. The van der Waals surface area contributed by atoms with Gasteiger partial charge in [0.05, 0.1) is 17.4 Å². The molecule has 1 heterocycles. The number of H-pyrrole nitrogens is 1. The van der Waals surface area contributed by atoms with Crippen molar-refractivity contribution in [3.8, 4) is 0 Å². The first-order valence-electron chi connectivity index (χ1n) is 4.50. The van der Waals surface area contributed by atoms with Crippen molar-refractivity contribution in [2.24, 2.45) is 5.73 Å². The van der Waals surface area contributed by atoms with Crippen LogP contribution < -0.4 is 5.73 Å². The zero-order valence-corrected chi connectivity index (χ0v) is 7.25. The maximum Gasteiger partial charge on any atom is 0.0931 e. The number of nitrogens with one attached hydrogen (secondary N) is 1. The number of benzene rings is 1. The number of nitrogens with zero attached hydrogens (tertiary/aromatic N) is 1. The van der Waals surface area contributed by atoms with Crippen molar-refractivity contribution in [3.05, 3.63) is 30.1 Å². The third kappa shape index (κ3) is 0.971. The van der Waals surface area contributed by atoms with Crippen LogP contribution in [0.3, 0.4) is 0 Å². The second-order valence-corrected chi connectivity index (χ2v) is 3.79. The molecule has 1 aliphatic rings. The maximum absolute atomic E-state index is 6.09. The monoisotopic (exact) mass is 173 g/mol. The summed E-state index contributed by atoms with van der Waals surface area (Å²) < 4.78 is 0. The molecular weight excluding hydrogens is 162 g/mol. The van der Waals surface area contributed by atoms with Gasteiger partial charge in [-0.3, -0.25) is 0 Å². The summed E-state index contributed by atoms with van der Waals surface area (Å²) in [5.74, 6) is 0. The largest absolute Gasteiger partial charge is 0.345 e. The Balaban J connectivity index is 2.20. The third-order valence-corrected chi connectivity index (χ3v) is 2.78. The molecule has 0 radical (unpaired) electrons. The van der Waals surface area contributed by atoms with E-state index in [0.29, 0.717) is 0 Å². The van der Waals surface area contributed by atoms with E-state index in [1.54, 1.807) is 6.33 Å². The first kappa shape index (κ1) is 7.09. The van der Waals surface area contributed by atoms with Crippen molar-refractivity contribution in [1.82, 2.24) is 9.97 Å². The Hall–Kier alpha value is -1.35. The minimum atomic E-state index is -0.0424. The molecule has 1 saturated carbocycles. The first-order valence-corrected chi connectivity index (χ1v) is 4.50. The number of aromatic amines is 1. The van der Waals surface area contributed by atoms with Crippen molar-refractivity contribution in [2.75, 3.05) is 0 Å². The fraction of sp³-hybridized carbons (Fsp3) is 0.300. The van der Waals surface area contributed by atoms with E-state index >= 15 is 0 Å². The summed E-state index contributed by atoms with van der Waals surface area (Å²) in [6.45, 7) is 0. The van der Waals surface area contributed by atoms with Gasteiger partial charge in [0.1, 0.15) is 0 Å².